The maximum absolute atomic E-state index is 14.1. The van der Waals surface area contributed by atoms with Gasteiger partial charge in [0.15, 0.2) is 17.5 Å². The van der Waals surface area contributed by atoms with Gasteiger partial charge in [0.05, 0.1) is 35.4 Å². The minimum absolute atomic E-state index is 0.186. The lowest BCUT2D eigenvalue weighted by molar-refractivity contribution is 0.0391. The van der Waals surface area contributed by atoms with E-state index in [2.05, 4.69) is 15.3 Å². The number of fused-ring (bicyclic) bond motifs is 4. The Balaban J connectivity index is 1.44. The second kappa shape index (κ2) is 8.28. The molecule has 2 aliphatic heterocycles. The molecule has 1 amide bonds. The first kappa shape index (κ1) is 22.4. The van der Waals surface area contributed by atoms with Crippen molar-refractivity contribution >= 4 is 5.91 Å². The monoisotopic (exact) mass is 496 g/mol. The summed E-state index contributed by atoms with van der Waals surface area (Å²) < 4.78 is 57.3. The Morgan fingerprint density at radius 1 is 1.00 bits per heavy atom. The quantitative estimate of drug-likeness (QED) is 0.309. The van der Waals surface area contributed by atoms with Gasteiger partial charge in [-0.2, -0.15) is 20.1 Å². The SMILES string of the molecule is Cn1nc2c(c1-c1cc(F)c(F)c(F)c1)C[C@H]1CCC[C@@H]2N1C(=O)c1ccc(F)cc1-n1nccn1. The van der Waals surface area contributed by atoms with Gasteiger partial charge in [0.25, 0.3) is 5.91 Å². The lowest BCUT2D eigenvalue weighted by Crippen LogP contribution is -2.50. The Bertz CT molecular complexity index is 1480. The molecule has 11 heteroatoms. The van der Waals surface area contributed by atoms with E-state index in [1.54, 1.807) is 11.9 Å². The normalized spacial score (nSPS) is 18.9. The van der Waals surface area contributed by atoms with Crippen LogP contribution in [-0.2, 0) is 13.5 Å². The molecule has 6 rings (SSSR count). The molecule has 0 N–H and O–H groups in total. The average molecular weight is 496 g/mol. The topological polar surface area (TPSA) is 68.8 Å². The molecule has 2 aromatic carbocycles. The summed E-state index contributed by atoms with van der Waals surface area (Å²) in [4.78, 5) is 16.9. The van der Waals surface area contributed by atoms with Crippen molar-refractivity contribution in [3.05, 3.63) is 82.8 Å². The number of aryl methyl sites for hydroxylation is 1. The highest BCUT2D eigenvalue weighted by Gasteiger charge is 2.44. The molecular weight excluding hydrogens is 476 g/mol. The number of amides is 1. The molecule has 4 heterocycles. The van der Waals surface area contributed by atoms with Crippen LogP contribution in [0.1, 0.15) is 46.9 Å². The predicted octanol–water partition coefficient (Wildman–Crippen LogP) is 4.52. The highest BCUT2D eigenvalue weighted by Crippen LogP contribution is 2.45. The van der Waals surface area contributed by atoms with E-state index in [0.29, 0.717) is 24.2 Å². The zero-order valence-electron chi connectivity index (χ0n) is 19.1. The minimum atomic E-state index is -1.52. The van der Waals surface area contributed by atoms with Crippen molar-refractivity contribution in [3.63, 3.8) is 0 Å². The smallest absolute Gasteiger partial charge is 0.256 e. The number of piperidine rings is 1. The van der Waals surface area contributed by atoms with Crippen LogP contribution in [0.5, 0.6) is 0 Å². The van der Waals surface area contributed by atoms with Crippen LogP contribution in [0, 0.1) is 23.3 Å². The van der Waals surface area contributed by atoms with E-state index < -0.39 is 23.3 Å². The van der Waals surface area contributed by atoms with Gasteiger partial charge < -0.3 is 4.90 Å². The number of rotatable bonds is 3. The summed E-state index contributed by atoms with van der Waals surface area (Å²) >= 11 is 0. The molecule has 2 aliphatic rings. The molecule has 184 valence electrons. The molecule has 0 spiro atoms. The van der Waals surface area contributed by atoms with Gasteiger partial charge in [-0.05, 0) is 49.9 Å². The number of halogens is 4. The van der Waals surface area contributed by atoms with Crippen LogP contribution in [-0.4, -0.2) is 41.6 Å². The third kappa shape index (κ3) is 3.41. The van der Waals surface area contributed by atoms with Gasteiger partial charge in [0, 0.05) is 30.3 Å². The van der Waals surface area contributed by atoms with E-state index in [9.17, 15) is 22.4 Å². The molecule has 1 fully saturated rings. The minimum Gasteiger partial charge on any atom is -0.327 e. The van der Waals surface area contributed by atoms with Crippen LogP contribution in [0.3, 0.4) is 0 Å². The van der Waals surface area contributed by atoms with E-state index in [-0.39, 0.29) is 34.8 Å². The fourth-order valence-electron chi connectivity index (χ4n) is 5.53. The zero-order valence-corrected chi connectivity index (χ0v) is 19.1. The van der Waals surface area contributed by atoms with Crippen LogP contribution >= 0.6 is 0 Å². The summed E-state index contributed by atoms with van der Waals surface area (Å²) in [5.41, 5.74) is 2.60. The van der Waals surface area contributed by atoms with E-state index in [4.69, 9.17) is 0 Å². The number of hydrogen-bond donors (Lipinski definition) is 0. The number of nitrogens with zero attached hydrogens (tertiary/aromatic N) is 6. The van der Waals surface area contributed by atoms with Crippen LogP contribution in [0.4, 0.5) is 17.6 Å². The van der Waals surface area contributed by atoms with E-state index >= 15 is 0 Å². The fraction of sp³-hybridized carbons (Fsp3) is 0.280. The highest BCUT2D eigenvalue weighted by atomic mass is 19.2. The van der Waals surface area contributed by atoms with Crippen molar-refractivity contribution in [2.75, 3.05) is 0 Å². The second-order valence-electron chi connectivity index (χ2n) is 9.09. The van der Waals surface area contributed by atoms with Gasteiger partial charge in [0.2, 0.25) is 0 Å². The number of hydrogen-bond acceptors (Lipinski definition) is 4. The molecule has 0 radical (unpaired) electrons. The second-order valence-corrected chi connectivity index (χ2v) is 9.09. The maximum atomic E-state index is 14.1. The Morgan fingerprint density at radius 3 is 2.44 bits per heavy atom. The van der Waals surface area contributed by atoms with Crippen molar-refractivity contribution in [1.82, 2.24) is 29.7 Å². The fourth-order valence-corrected chi connectivity index (χ4v) is 5.53. The first-order valence-corrected chi connectivity index (χ1v) is 11.5. The summed E-state index contributed by atoms with van der Waals surface area (Å²) in [5, 5.41) is 12.8. The third-order valence-electron chi connectivity index (χ3n) is 6.99. The van der Waals surface area contributed by atoms with Gasteiger partial charge in [-0.25, -0.2) is 17.6 Å². The van der Waals surface area contributed by atoms with E-state index in [1.807, 2.05) is 0 Å². The number of carbonyl (C=O) groups excluding carboxylic acids is 1. The van der Waals surface area contributed by atoms with Crippen molar-refractivity contribution < 1.29 is 22.4 Å². The van der Waals surface area contributed by atoms with Crippen molar-refractivity contribution in [2.45, 2.75) is 37.8 Å². The number of benzene rings is 2. The molecule has 2 aromatic heterocycles. The summed E-state index contributed by atoms with van der Waals surface area (Å²) in [6.45, 7) is 0. The van der Waals surface area contributed by atoms with Gasteiger partial charge in [-0.3, -0.25) is 9.48 Å². The van der Waals surface area contributed by atoms with Crippen molar-refractivity contribution in [1.29, 1.82) is 0 Å². The van der Waals surface area contributed by atoms with Crippen molar-refractivity contribution in [3.8, 4) is 16.9 Å². The number of carbonyl (C=O) groups is 1. The highest BCUT2D eigenvalue weighted by molar-refractivity contribution is 5.98. The maximum Gasteiger partial charge on any atom is 0.256 e. The molecule has 2 atom stereocenters. The van der Waals surface area contributed by atoms with Gasteiger partial charge in [-0.1, -0.05) is 0 Å². The third-order valence-corrected chi connectivity index (χ3v) is 6.99. The zero-order chi connectivity index (χ0) is 25.1. The lowest BCUT2D eigenvalue weighted by atomic mass is 9.81. The standard InChI is InChI=1S/C25H20F4N6O/c1-33-24(13-9-18(27)22(29)19(28)10-13)17-12-15-3-2-4-20(23(17)32-33)34(15)25(36)16-6-5-14(26)11-21(16)35-30-7-8-31-35/h5-11,15,20H,2-4,12H2,1H3/t15-,20+/m1/s1. The van der Waals surface area contributed by atoms with Gasteiger partial charge in [0.1, 0.15) is 11.5 Å². The first-order valence-electron chi connectivity index (χ1n) is 11.5. The average Bonchev–Trinajstić information content (AvgIpc) is 3.49. The van der Waals surface area contributed by atoms with Crippen LogP contribution in [0.15, 0.2) is 42.7 Å². The first-order chi connectivity index (χ1) is 17.3. The summed E-state index contributed by atoms with van der Waals surface area (Å²) in [6, 6.07) is 5.21. The van der Waals surface area contributed by atoms with Gasteiger partial charge >= 0.3 is 0 Å². The lowest BCUT2D eigenvalue weighted by Gasteiger charge is -2.45. The predicted molar refractivity (Wildman–Crippen MR) is 120 cm³/mol. The van der Waals surface area contributed by atoms with Crippen LogP contribution in [0.25, 0.3) is 16.9 Å². The number of aromatic nitrogens is 5. The van der Waals surface area contributed by atoms with Crippen LogP contribution < -0.4 is 0 Å². The molecular formula is C25H20F4N6O. The molecule has 0 aliphatic carbocycles. The van der Waals surface area contributed by atoms with Gasteiger partial charge in [-0.15, -0.1) is 0 Å². The van der Waals surface area contributed by atoms with Crippen LogP contribution in [0.2, 0.25) is 0 Å². The largest absolute Gasteiger partial charge is 0.327 e. The molecule has 2 bridgehead atoms. The molecule has 0 saturated carbocycles. The Kier molecular flexibility index (Phi) is 5.16. The Hall–Kier alpha value is -4.02. The molecule has 4 aromatic rings. The van der Waals surface area contributed by atoms with E-state index in [1.165, 1.54) is 40.1 Å². The molecule has 36 heavy (non-hydrogen) atoms. The Labute approximate surface area is 202 Å². The summed E-state index contributed by atoms with van der Waals surface area (Å²) in [7, 11) is 1.66. The molecule has 7 nitrogen and oxygen atoms in total. The summed E-state index contributed by atoms with van der Waals surface area (Å²) in [6.07, 6.45) is 5.54. The molecule has 0 unspecified atom stereocenters. The molecule has 1 saturated heterocycles. The summed E-state index contributed by atoms with van der Waals surface area (Å²) in [5.74, 6) is -4.89. The Morgan fingerprint density at radius 2 is 1.72 bits per heavy atom. The van der Waals surface area contributed by atoms with E-state index in [0.717, 1.165) is 30.5 Å². The van der Waals surface area contributed by atoms with Crippen molar-refractivity contribution in [2.24, 2.45) is 7.05 Å².